The molecule has 3 heteroatoms. The maximum Gasteiger partial charge on any atom is 0.166 e. The molecule has 1 aliphatic carbocycles. The third-order valence-corrected chi connectivity index (χ3v) is 4.13. The van der Waals surface area contributed by atoms with Gasteiger partial charge in [0.1, 0.15) is 11.5 Å². The third-order valence-electron chi connectivity index (χ3n) is 4.13. The van der Waals surface area contributed by atoms with Crippen LogP contribution in [-0.2, 0) is 0 Å². The van der Waals surface area contributed by atoms with Gasteiger partial charge in [0.25, 0.3) is 0 Å². The first-order valence-corrected chi connectivity index (χ1v) is 6.17. The Kier molecular flexibility index (Phi) is 2.18. The first-order valence-electron chi connectivity index (χ1n) is 6.17. The quantitative estimate of drug-likeness (QED) is 0.797. The number of phenolic OH excluding ortho intramolecular Hbond substituents is 1. The summed E-state index contributed by atoms with van der Waals surface area (Å²) in [4.78, 5) is 11.7. The molecule has 3 nitrogen and oxygen atoms in total. The summed E-state index contributed by atoms with van der Waals surface area (Å²) in [5.41, 5.74) is 1.29. The minimum atomic E-state index is -0.0132. The van der Waals surface area contributed by atoms with Crippen molar-refractivity contribution in [2.75, 3.05) is 6.61 Å². The number of ether oxygens (including phenoxy) is 1. The summed E-state index contributed by atoms with van der Waals surface area (Å²) in [5, 5.41) is 10.3. The van der Waals surface area contributed by atoms with Crippen LogP contribution < -0.4 is 4.74 Å². The van der Waals surface area contributed by atoms with Gasteiger partial charge in [0, 0.05) is 23.8 Å². The standard InChI is InChI=1S/C14H16O3/c1-3-10(15)8-4-5-11-13(14(8)16)12-7(2)9(12)6-17-11/h4-5,7,9,12,16H,3,6H2,1-2H3. The number of Topliss-reactive ketones (excluding diaryl/α,β-unsaturated/α-hetero) is 1. The normalized spacial score (nSPS) is 28.9. The molecule has 0 saturated heterocycles. The molecule has 90 valence electrons. The van der Waals surface area contributed by atoms with Gasteiger partial charge in [0.05, 0.1) is 12.2 Å². The SMILES string of the molecule is CCC(=O)c1ccc2c(c1O)C1C(C)C1CO2. The minimum absolute atomic E-state index is 0.0132. The van der Waals surface area contributed by atoms with Gasteiger partial charge in [0.15, 0.2) is 5.78 Å². The molecule has 3 unspecified atom stereocenters. The van der Waals surface area contributed by atoms with Crippen LogP contribution in [0.1, 0.15) is 42.1 Å². The lowest BCUT2D eigenvalue weighted by Gasteiger charge is -2.19. The zero-order valence-corrected chi connectivity index (χ0v) is 10.1. The van der Waals surface area contributed by atoms with Crippen LogP contribution in [0.25, 0.3) is 0 Å². The number of fused-ring (bicyclic) bond motifs is 3. The number of hydrogen-bond acceptors (Lipinski definition) is 3. The van der Waals surface area contributed by atoms with Crippen molar-refractivity contribution in [2.24, 2.45) is 11.8 Å². The maximum atomic E-state index is 11.7. The van der Waals surface area contributed by atoms with Crippen molar-refractivity contribution in [3.63, 3.8) is 0 Å². The molecule has 0 spiro atoms. The second-order valence-electron chi connectivity index (χ2n) is 5.01. The van der Waals surface area contributed by atoms with E-state index in [4.69, 9.17) is 4.74 Å². The second-order valence-corrected chi connectivity index (χ2v) is 5.01. The number of ketones is 1. The summed E-state index contributed by atoms with van der Waals surface area (Å²) >= 11 is 0. The zero-order valence-electron chi connectivity index (χ0n) is 10.1. The Hall–Kier alpha value is -1.51. The number of rotatable bonds is 2. The lowest BCUT2D eigenvalue weighted by atomic mass is 9.97. The second kappa shape index (κ2) is 3.49. The first kappa shape index (κ1) is 10.6. The van der Waals surface area contributed by atoms with E-state index >= 15 is 0 Å². The number of carbonyl (C=O) groups is 1. The fourth-order valence-corrected chi connectivity index (χ4v) is 2.92. The molecular weight excluding hydrogens is 216 g/mol. The Morgan fingerprint density at radius 1 is 1.53 bits per heavy atom. The topological polar surface area (TPSA) is 46.5 Å². The van der Waals surface area contributed by atoms with Crippen molar-refractivity contribution in [3.8, 4) is 11.5 Å². The summed E-state index contributed by atoms with van der Waals surface area (Å²) in [5.74, 6) is 2.33. The van der Waals surface area contributed by atoms with Crippen molar-refractivity contribution >= 4 is 5.78 Å². The number of carbonyl (C=O) groups excluding carboxylic acids is 1. The molecule has 0 amide bonds. The van der Waals surface area contributed by atoms with Crippen LogP contribution in [0.2, 0.25) is 0 Å². The fraction of sp³-hybridized carbons (Fsp3) is 0.500. The highest BCUT2D eigenvalue weighted by molar-refractivity contribution is 5.99. The summed E-state index contributed by atoms with van der Waals surface area (Å²) in [6.07, 6.45) is 0.414. The Balaban J connectivity index is 2.11. The molecule has 1 saturated carbocycles. The van der Waals surface area contributed by atoms with E-state index < -0.39 is 0 Å². The van der Waals surface area contributed by atoms with Crippen LogP contribution in [0.15, 0.2) is 12.1 Å². The van der Waals surface area contributed by atoms with E-state index in [1.165, 1.54) is 0 Å². The van der Waals surface area contributed by atoms with Crippen LogP contribution in [0, 0.1) is 11.8 Å². The number of benzene rings is 1. The van der Waals surface area contributed by atoms with E-state index in [0.717, 1.165) is 17.9 Å². The molecule has 1 aromatic rings. The lowest BCUT2D eigenvalue weighted by Crippen LogP contribution is -2.10. The van der Waals surface area contributed by atoms with Crippen LogP contribution in [0.4, 0.5) is 0 Å². The van der Waals surface area contributed by atoms with E-state index in [1.54, 1.807) is 13.0 Å². The molecule has 3 atom stereocenters. The highest BCUT2D eigenvalue weighted by Gasteiger charge is 2.53. The highest BCUT2D eigenvalue weighted by atomic mass is 16.5. The Bertz CT molecular complexity index is 492. The van der Waals surface area contributed by atoms with Crippen molar-refractivity contribution in [3.05, 3.63) is 23.3 Å². The summed E-state index contributed by atoms with van der Waals surface area (Å²) in [6, 6.07) is 3.49. The molecule has 1 N–H and O–H groups in total. The molecule has 1 heterocycles. The monoisotopic (exact) mass is 232 g/mol. The fourth-order valence-electron chi connectivity index (χ4n) is 2.92. The van der Waals surface area contributed by atoms with E-state index in [1.807, 2.05) is 6.07 Å². The van der Waals surface area contributed by atoms with Gasteiger partial charge < -0.3 is 9.84 Å². The number of phenols is 1. The van der Waals surface area contributed by atoms with Gasteiger partial charge in [-0.3, -0.25) is 4.79 Å². The first-order chi connectivity index (χ1) is 8.15. The third kappa shape index (κ3) is 1.38. The Morgan fingerprint density at radius 3 is 3.00 bits per heavy atom. The van der Waals surface area contributed by atoms with Crippen molar-refractivity contribution in [1.82, 2.24) is 0 Å². The summed E-state index contributed by atoms with van der Waals surface area (Å²) in [7, 11) is 0. The lowest BCUT2D eigenvalue weighted by molar-refractivity contribution is 0.0985. The zero-order chi connectivity index (χ0) is 12.2. The molecule has 1 fully saturated rings. The van der Waals surface area contributed by atoms with Crippen LogP contribution in [0.3, 0.4) is 0 Å². The van der Waals surface area contributed by atoms with E-state index in [-0.39, 0.29) is 11.5 Å². The van der Waals surface area contributed by atoms with Crippen molar-refractivity contribution in [2.45, 2.75) is 26.2 Å². The van der Waals surface area contributed by atoms with Gasteiger partial charge >= 0.3 is 0 Å². The molecule has 1 aromatic carbocycles. The Morgan fingerprint density at radius 2 is 2.29 bits per heavy atom. The average Bonchev–Trinajstić information content (AvgIpc) is 3.00. The molecule has 0 radical (unpaired) electrons. The van der Waals surface area contributed by atoms with Gasteiger partial charge in [-0.2, -0.15) is 0 Å². The number of aromatic hydroxyl groups is 1. The largest absolute Gasteiger partial charge is 0.507 e. The van der Waals surface area contributed by atoms with Gasteiger partial charge in [-0.25, -0.2) is 0 Å². The van der Waals surface area contributed by atoms with Gasteiger partial charge in [-0.15, -0.1) is 0 Å². The smallest absolute Gasteiger partial charge is 0.166 e. The van der Waals surface area contributed by atoms with Gasteiger partial charge in [-0.1, -0.05) is 13.8 Å². The van der Waals surface area contributed by atoms with E-state index in [9.17, 15) is 9.90 Å². The van der Waals surface area contributed by atoms with Crippen LogP contribution in [-0.4, -0.2) is 17.5 Å². The molecule has 0 bridgehead atoms. The predicted molar refractivity (Wildman–Crippen MR) is 63.6 cm³/mol. The molecule has 17 heavy (non-hydrogen) atoms. The van der Waals surface area contributed by atoms with Gasteiger partial charge in [0.2, 0.25) is 0 Å². The van der Waals surface area contributed by atoms with Crippen LogP contribution >= 0.6 is 0 Å². The van der Waals surface area contributed by atoms with Crippen molar-refractivity contribution < 1.29 is 14.6 Å². The predicted octanol–water partition coefficient (Wildman–Crippen LogP) is 2.73. The Labute approximate surface area is 100 Å². The summed E-state index contributed by atoms with van der Waals surface area (Å²) in [6.45, 7) is 4.71. The molecule has 0 aromatic heterocycles. The molecular formula is C14H16O3. The minimum Gasteiger partial charge on any atom is -0.507 e. The van der Waals surface area contributed by atoms with Gasteiger partial charge in [-0.05, 0) is 18.1 Å². The van der Waals surface area contributed by atoms with Crippen LogP contribution in [0.5, 0.6) is 11.5 Å². The highest BCUT2D eigenvalue weighted by Crippen LogP contribution is 2.61. The maximum absolute atomic E-state index is 11.7. The molecule has 1 aliphatic heterocycles. The molecule has 3 rings (SSSR count). The van der Waals surface area contributed by atoms with E-state index in [0.29, 0.717) is 29.7 Å². The molecule has 2 aliphatic rings. The summed E-state index contributed by atoms with van der Waals surface area (Å²) < 4.78 is 5.63. The number of hydrogen-bond donors (Lipinski definition) is 1. The van der Waals surface area contributed by atoms with Crippen molar-refractivity contribution in [1.29, 1.82) is 0 Å². The average molecular weight is 232 g/mol. The van der Waals surface area contributed by atoms with E-state index in [2.05, 4.69) is 6.92 Å².